The van der Waals surface area contributed by atoms with Gasteiger partial charge < -0.3 is 16.0 Å². The lowest BCUT2D eigenvalue weighted by atomic mass is 10.3. The lowest BCUT2D eigenvalue weighted by Gasteiger charge is -2.20. The van der Waals surface area contributed by atoms with Crippen molar-refractivity contribution in [3.05, 3.63) is 12.3 Å². The number of nitrogens with one attached hydrogen (secondary N) is 1. The first-order valence-electron chi connectivity index (χ1n) is 4.58. The average molecular weight is 195 g/mol. The van der Waals surface area contributed by atoms with Gasteiger partial charge in [0.1, 0.15) is 5.82 Å². The molecule has 5 heteroatoms. The van der Waals surface area contributed by atoms with Crippen LogP contribution in [0.15, 0.2) is 12.3 Å². The first kappa shape index (κ1) is 10.7. The van der Waals surface area contributed by atoms with Crippen LogP contribution in [0.2, 0.25) is 0 Å². The van der Waals surface area contributed by atoms with E-state index in [-0.39, 0.29) is 0 Å². The summed E-state index contributed by atoms with van der Waals surface area (Å²) in [6, 6.07) is 2.25. The normalized spacial score (nSPS) is 12.9. The third kappa shape index (κ3) is 3.18. The lowest BCUT2D eigenvalue weighted by molar-refractivity contribution is 0.326. The van der Waals surface area contributed by atoms with Crippen molar-refractivity contribution in [1.29, 1.82) is 0 Å². The van der Waals surface area contributed by atoms with Crippen LogP contribution in [0.1, 0.15) is 6.92 Å². The summed E-state index contributed by atoms with van der Waals surface area (Å²) >= 11 is 0. The van der Waals surface area contributed by atoms with Gasteiger partial charge in [-0.2, -0.15) is 4.98 Å². The molecule has 5 nitrogen and oxygen atoms in total. The minimum atomic E-state index is 0.299. The van der Waals surface area contributed by atoms with Gasteiger partial charge in [-0.05, 0) is 27.1 Å². The molecule has 1 aromatic heterocycles. The molecule has 0 radical (unpaired) electrons. The second kappa shape index (κ2) is 4.76. The summed E-state index contributed by atoms with van der Waals surface area (Å²) < 4.78 is 0. The Bertz CT molecular complexity index is 286. The van der Waals surface area contributed by atoms with Crippen LogP contribution >= 0.6 is 0 Å². The Balaban J connectivity index is 2.45. The molecule has 1 unspecified atom stereocenters. The summed E-state index contributed by atoms with van der Waals surface area (Å²) in [6.45, 7) is 2.97. The van der Waals surface area contributed by atoms with E-state index in [0.717, 1.165) is 12.4 Å². The maximum Gasteiger partial charge on any atom is 0.221 e. The second-order valence-corrected chi connectivity index (χ2v) is 3.49. The summed E-state index contributed by atoms with van der Waals surface area (Å²) in [7, 11) is 4.08. The molecule has 14 heavy (non-hydrogen) atoms. The van der Waals surface area contributed by atoms with Crippen LogP contribution in [0, 0.1) is 0 Å². The van der Waals surface area contributed by atoms with E-state index in [1.807, 2.05) is 14.1 Å². The number of nitrogen functional groups attached to an aromatic ring is 1. The van der Waals surface area contributed by atoms with Crippen molar-refractivity contribution in [2.75, 3.05) is 31.7 Å². The first-order chi connectivity index (χ1) is 6.59. The first-order valence-corrected chi connectivity index (χ1v) is 4.58. The molecule has 78 valence electrons. The Labute approximate surface area is 84.3 Å². The van der Waals surface area contributed by atoms with Crippen molar-refractivity contribution in [1.82, 2.24) is 14.9 Å². The summed E-state index contributed by atoms with van der Waals surface area (Å²) in [5, 5.41) is 3.19. The van der Waals surface area contributed by atoms with Crippen molar-refractivity contribution in [3.63, 3.8) is 0 Å². The van der Waals surface area contributed by atoms with E-state index in [1.165, 1.54) is 0 Å². The van der Waals surface area contributed by atoms with E-state index in [9.17, 15) is 0 Å². The van der Waals surface area contributed by atoms with Gasteiger partial charge in [0, 0.05) is 18.8 Å². The monoisotopic (exact) mass is 195 g/mol. The van der Waals surface area contributed by atoms with Crippen LogP contribution in [0.25, 0.3) is 0 Å². The fraction of sp³-hybridized carbons (Fsp3) is 0.556. The molecule has 0 amide bonds. The fourth-order valence-electron chi connectivity index (χ4n) is 0.907. The molecule has 0 aromatic carbocycles. The van der Waals surface area contributed by atoms with Crippen LogP contribution in [0.4, 0.5) is 11.8 Å². The molecule has 1 rings (SSSR count). The molecule has 0 aliphatic heterocycles. The molecule has 1 aromatic rings. The van der Waals surface area contributed by atoms with Crippen LogP contribution in [-0.2, 0) is 0 Å². The summed E-state index contributed by atoms with van der Waals surface area (Å²) in [4.78, 5) is 10.00. The van der Waals surface area contributed by atoms with Gasteiger partial charge in [-0.25, -0.2) is 4.98 Å². The molecule has 1 heterocycles. The van der Waals surface area contributed by atoms with Gasteiger partial charge >= 0.3 is 0 Å². The number of nitrogens with zero attached hydrogens (tertiary/aromatic N) is 3. The third-order valence-corrected chi connectivity index (χ3v) is 2.13. The maximum absolute atomic E-state index is 5.45. The molecule has 0 fully saturated rings. The highest BCUT2D eigenvalue weighted by molar-refractivity contribution is 5.37. The van der Waals surface area contributed by atoms with E-state index in [4.69, 9.17) is 5.73 Å². The maximum atomic E-state index is 5.45. The Morgan fingerprint density at radius 2 is 2.29 bits per heavy atom. The van der Waals surface area contributed by atoms with Crippen LogP contribution in [-0.4, -0.2) is 41.5 Å². The Kier molecular flexibility index (Phi) is 3.64. The summed E-state index contributed by atoms with van der Waals surface area (Å²) in [5.41, 5.74) is 5.45. The van der Waals surface area contributed by atoms with Crippen LogP contribution in [0.3, 0.4) is 0 Å². The number of likely N-dealkylation sites (N-methyl/N-ethyl adjacent to an activating group) is 1. The lowest BCUT2D eigenvalue weighted by Crippen LogP contribution is -2.31. The van der Waals surface area contributed by atoms with Crippen molar-refractivity contribution in [2.24, 2.45) is 0 Å². The predicted molar refractivity (Wildman–Crippen MR) is 58.1 cm³/mol. The number of anilines is 2. The van der Waals surface area contributed by atoms with Crippen molar-refractivity contribution in [2.45, 2.75) is 13.0 Å². The SMILES string of the molecule is CC(CNc1ccnc(N)n1)N(C)C. The van der Waals surface area contributed by atoms with E-state index < -0.39 is 0 Å². The Morgan fingerprint density at radius 3 is 2.86 bits per heavy atom. The molecule has 0 saturated heterocycles. The molecule has 1 atom stereocenters. The zero-order valence-electron chi connectivity index (χ0n) is 8.86. The minimum absolute atomic E-state index is 0.299. The van der Waals surface area contributed by atoms with Gasteiger partial charge in [-0.1, -0.05) is 0 Å². The van der Waals surface area contributed by atoms with Crippen molar-refractivity contribution >= 4 is 11.8 Å². The fourth-order valence-corrected chi connectivity index (χ4v) is 0.907. The largest absolute Gasteiger partial charge is 0.368 e. The van der Waals surface area contributed by atoms with Gasteiger partial charge in [0.2, 0.25) is 5.95 Å². The van der Waals surface area contributed by atoms with Gasteiger partial charge in [0.05, 0.1) is 0 Å². The molecule has 0 spiro atoms. The molecular formula is C9H17N5. The van der Waals surface area contributed by atoms with E-state index >= 15 is 0 Å². The summed E-state index contributed by atoms with van der Waals surface area (Å²) in [6.07, 6.45) is 1.64. The molecule has 3 N–H and O–H groups in total. The van der Waals surface area contributed by atoms with E-state index in [2.05, 4.69) is 27.1 Å². The third-order valence-electron chi connectivity index (χ3n) is 2.13. The molecule has 0 aliphatic carbocycles. The van der Waals surface area contributed by atoms with Gasteiger partial charge in [0.25, 0.3) is 0 Å². The zero-order chi connectivity index (χ0) is 10.6. The smallest absolute Gasteiger partial charge is 0.221 e. The van der Waals surface area contributed by atoms with E-state index in [0.29, 0.717) is 12.0 Å². The van der Waals surface area contributed by atoms with Crippen LogP contribution < -0.4 is 11.1 Å². The zero-order valence-corrected chi connectivity index (χ0v) is 8.86. The van der Waals surface area contributed by atoms with Crippen molar-refractivity contribution < 1.29 is 0 Å². The number of nitrogens with two attached hydrogens (primary N) is 1. The Hall–Kier alpha value is -1.36. The number of aromatic nitrogens is 2. The second-order valence-electron chi connectivity index (χ2n) is 3.49. The standard InChI is InChI=1S/C9H17N5/c1-7(14(2)3)6-12-8-4-5-11-9(10)13-8/h4-5,7H,6H2,1-3H3,(H3,10,11,12,13). The highest BCUT2D eigenvalue weighted by atomic mass is 15.1. The van der Waals surface area contributed by atoms with Crippen LogP contribution in [0.5, 0.6) is 0 Å². The Morgan fingerprint density at radius 1 is 1.57 bits per heavy atom. The van der Waals surface area contributed by atoms with Crippen molar-refractivity contribution in [3.8, 4) is 0 Å². The topological polar surface area (TPSA) is 67.1 Å². The molecular weight excluding hydrogens is 178 g/mol. The molecule has 0 saturated carbocycles. The molecule has 0 aliphatic rings. The minimum Gasteiger partial charge on any atom is -0.368 e. The highest BCUT2D eigenvalue weighted by Crippen LogP contribution is 2.03. The highest BCUT2D eigenvalue weighted by Gasteiger charge is 2.03. The van der Waals surface area contributed by atoms with Gasteiger partial charge in [0.15, 0.2) is 0 Å². The number of hydrogen-bond donors (Lipinski definition) is 2. The van der Waals surface area contributed by atoms with E-state index in [1.54, 1.807) is 12.3 Å². The van der Waals surface area contributed by atoms with Gasteiger partial charge in [-0.3, -0.25) is 0 Å². The predicted octanol–water partition coefficient (Wildman–Crippen LogP) is 0.421. The molecule has 0 bridgehead atoms. The number of rotatable bonds is 4. The van der Waals surface area contributed by atoms with Gasteiger partial charge in [-0.15, -0.1) is 0 Å². The number of hydrogen-bond acceptors (Lipinski definition) is 5. The quantitative estimate of drug-likeness (QED) is 0.729. The summed E-state index contributed by atoms with van der Waals surface area (Å²) in [5.74, 6) is 1.07. The average Bonchev–Trinajstić information content (AvgIpc) is 2.14.